The Bertz CT molecular complexity index is 645. The average molecular weight is 405 g/mol. The monoisotopic (exact) mass is 404 g/mol. The molecule has 162 valence electrons. The summed E-state index contributed by atoms with van der Waals surface area (Å²) in [5, 5.41) is 10.9. The normalized spacial score (nSPS) is 19.8. The van der Waals surface area contributed by atoms with Crippen molar-refractivity contribution in [3.05, 3.63) is 11.9 Å². The van der Waals surface area contributed by atoms with Gasteiger partial charge < -0.3 is 10.1 Å². The summed E-state index contributed by atoms with van der Waals surface area (Å²) in [5.74, 6) is 0.500. The van der Waals surface area contributed by atoms with Gasteiger partial charge in [-0.15, -0.1) is 5.10 Å². The van der Waals surface area contributed by atoms with Gasteiger partial charge in [0.05, 0.1) is 12.8 Å². The Morgan fingerprint density at radius 3 is 2.17 bits per heavy atom. The molecule has 2 aliphatic rings. The number of carbonyl (C=O) groups excluding carboxylic acids is 2. The van der Waals surface area contributed by atoms with E-state index in [-0.39, 0.29) is 17.8 Å². The molecule has 0 saturated heterocycles. The predicted molar refractivity (Wildman–Crippen MR) is 110 cm³/mol. The molecule has 0 aromatic carbocycles. The van der Waals surface area contributed by atoms with Gasteiger partial charge in [-0.3, -0.25) is 4.79 Å². The number of rotatable bonds is 8. The van der Waals surface area contributed by atoms with Gasteiger partial charge in [-0.2, -0.15) is 0 Å². The first kappa shape index (κ1) is 21.8. The fraction of sp³-hybridized carbons (Fsp3) is 0.818. The minimum Gasteiger partial charge on any atom is -0.464 e. The van der Waals surface area contributed by atoms with Crippen LogP contribution >= 0.6 is 0 Å². The first-order valence-corrected chi connectivity index (χ1v) is 11.5. The van der Waals surface area contributed by atoms with E-state index < -0.39 is 6.04 Å². The van der Waals surface area contributed by atoms with Gasteiger partial charge in [-0.25, -0.2) is 9.48 Å². The van der Waals surface area contributed by atoms with Crippen LogP contribution < -0.4 is 5.32 Å². The molecule has 0 radical (unpaired) electrons. The van der Waals surface area contributed by atoms with Crippen molar-refractivity contribution in [2.45, 2.75) is 90.6 Å². The molecule has 1 aromatic heterocycles. The third kappa shape index (κ3) is 5.37. The number of hydrogen-bond donors (Lipinski definition) is 1. The van der Waals surface area contributed by atoms with Gasteiger partial charge in [0.2, 0.25) is 0 Å². The van der Waals surface area contributed by atoms with Crippen molar-refractivity contribution in [2.24, 2.45) is 17.8 Å². The van der Waals surface area contributed by atoms with E-state index in [9.17, 15) is 9.59 Å². The van der Waals surface area contributed by atoms with Crippen molar-refractivity contribution in [3.8, 4) is 0 Å². The number of nitrogens with one attached hydrogen (secondary N) is 1. The highest BCUT2D eigenvalue weighted by atomic mass is 16.5. The third-order valence-corrected chi connectivity index (χ3v) is 6.75. The number of aryl methyl sites for hydroxylation is 1. The molecular formula is C22H36N4O3. The third-order valence-electron chi connectivity index (χ3n) is 6.75. The lowest BCUT2D eigenvalue weighted by Gasteiger charge is -2.41. The Morgan fingerprint density at radius 1 is 1.07 bits per heavy atom. The van der Waals surface area contributed by atoms with Crippen molar-refractivity contribution in [1.29, 1.82) is 0 Å². The second kappa shape index (κ2) is 10.7. The summed E-state index contributed by atoms with van der Waals surface area (Å²) in [6.07, 6.45) is 13.4. The van der Waals surface area contributed by atoms with Crippen LogP contribution in [0.5, 0.6) is 0 Å². The number of nitrogens with zero attached hydrogens (tertiary/aromatic N) is 3. The zero-order chi connectivity index (χ0) is 20.6. The Morgan fingerprint density at radius 2 is 1.66 bits per heavy atom. The molecule has 3 rings (SSSR count). The number of amides is 1. The Hall–Kier alpha value is -1.92. The Balaban J connectivity index is 1.87. The lowest BCUT2D eigenvalue weighted by atomic mass is 9.66. The van der Waals surface area contributed by atoms with E-state index in [2.05, 4.69) is 15.6 Å². The number of ether oxygens (including phenoxy) is 1. The number of esters is 1. The second-order valence-electron chi connectivity index (χ2n) is 8.51. The first-order valence-electron chi connectivity index (χ1n) is 11.5. The van der Waals surface area contributed by atoms with Crippen molar-refractivity contribution in [1.82, 2.24) is 20.3 Å². The molecule has 1 N–H and O–H groups in total. The second-order valence-corrected chi connectivity index (χ2v) is 8.51. The predicted octanol–water partition coefficient (Wildman–Crippen LogP) is 3.74. The van der Waals surface area contributed by atoms with Gasteiger partial charge >= 0.3 is 5.97 Å². The molecule has 29 heavy (non-hydrogen) atoms. The maximum atomic E-state index is 13.1. The number of hydrogen-bond acceptors (Lipinski definition) is 5. The maximum Gasteiger partial charge on any atom is 0.328 e. The minimum absolute atomic E-state index is 0.143. The largest absolute Gasteiger partial charge is 0.464 e. The van der Waals surface area contributed by atoms with E-state index in [1.807, 2.05) is 13.8 Å². The highest BCUT2D eigenvalue weighted by molar-refractivity contribution is 5.95. The fourth-order valence-corrected chi connectivity index (χ4v) is 5.39. The summed E-state index contributed by atoms with van der Waals surface area (Å²) in [6.45, 7) is 4.62. The Kier molecular flexibility index (Phi) is 8.07. The van der Waals surface area contributed by atoms with Crippen LogP contribution in [0.1, 0.15) is 88.5 Å². The van der Waals surface area contributed by atoms with E-state index in [0.717, 1.165) is 25.7 Å². The van der Waals surface area contributed by atoms with Gasteiger partial charge in [-0.1, -0.05) is 69.4 Å². The van der Waals surface area contributed by atoms with Gasteiger partial charge in [0, 0.05) is 6.54 Å². The molecule has 1 heterocycles. The van der Waals surface area contributed by atoms with Crippen LogP contribution in [0.2, 0.25) is 0 Å². The highest BCUT2D eigenvalue weighted by Crippen LogP contribution is 2.42. The number of carbonyl (C=O) groups is 2. The van der Waals surface area contributed by atoms with E-state index in [1.165, 1.54) is 44.7 Å². The topological polar surface area (TPSA) is 86.1 Å². The van der Waals surface area contributed by atoms with Crippen LogP contribution in [0.3, 0.4) is 0 Å². The SMILES string of the molecule is CCOC(=O)C(NC(=O)c1cnnn1CC)C(C1CCCCC1)C1CCCCC1. The van der Waals surface area contributed by atoms with Crippen molar-refractivity contribution in [3.63, 3.8) is 0 Å². The average Bonchev–Trinajstić information content (AvgIpc) is 3.24. The molecule has 7 heteroatoms. The van der Waals surface area contributed by atoms with Crippen LogP contribution in [0, 0.1) is 17.8 Å². The molecule has 2 aliphatic carbocycles. The van der Waals surface area contributed by atoms with Crippen LogP contribution in [0.25, 0.3) is 0 Å². The molecule has 1 aromatic rings. The Labute approximate surface area is 174 Å². The van der Waals surface area contributed by atoms with E-state index in [0.29, 0.717) is 30.7 Å². The molecule has 2 saturated carbocycles. The molecule has 0 bridgehead atoms. The molecule has 7 nitrogen and oxygen atoms in total. The lowest BCUT2D eigenvalue weighted by molar-refractivity contribution is -0.148. The molecular weight excluding hydrogens is 368 g/mol. The first-order chi connectivity index (χ1) is 14.2. The van der Waals surface area contributed by atoms with Crippen molar-refractivity contribution < 1.29 is 14.3 Å². The van der Waals surface area contributed by atoms with Crippen molar-refractivity contribution >= 4 is 11.9 Å². The van der Waals surface area contributed by atoms with Gasteiger partial charge in [-0.05, 0) is 31.6 Å². The summed E-state index contributed by atoms with van der Waals surface area (Å²) >= 11 is 0. The minimum atomic E-state index is -0.603. The smallest absolute Gasteiger partial charge is 0.328 e. The molecule has 0 spiro atoms. The van der Waals surface area contributed by atoms with E-state index >= 15 is 0 Å². The summed E-state index contributed by atoms with van der Waals surface area (Å²) in [4.78, 5) is 26.1. The quantitative estimate of drug-likeness (QED) is 0.667. The van der Waals surface area contributed by atoms with Gasteiger partial charge in [0.25, 0.3) is 5.91 Å². The van der Waals surface area contributed by atoms with Crippen LogP contribution in [-0.2, 0) is 16.1 Å². The summed E-state index contributed by atoms with van der Waals surface area (Å²) < 4.78 is 7.01. The standard InChI is InChI=1S/C22H36N4O3/c1-3-26-18(15-23-25-26)21(27)24-20(22(28)29-4-2)19(16-11-7-5-8-12-16)17-13-9-6-10-14-17/h15-17,19-20H,3-14H2,1-2H3,(H,24,27). The maximum absolute atomic E-state index is 13.1. The zero-order valence-corrected chi connectivity index (χ0v) is 17.9. The lowest BCUT2D eigenvalue weighted by Crippen LogP contribution is -2.52. The summed E-state index contributed by atoms with van der Waals surface area (Å²) in [5.41, 5.74) is 0.396. The van der Waals surface area contributed by atoms with Crippen LogP contribution in [0.4, 0.5) is 0 Å². The zero-order valence-electron chi connectivity index (χ0n) is 17.9. The summed E-state index contributed by atoms with van der Waals surface area (Å²) in [6, 6.07) is -0.603. The fourth-order valence-electron chi connectivity index (χ4n) is 5.39. The summed E-state index contributed by atoms with van der Waals surface area (Å²) in [7, 11) is 0. The van der Waals surface area contributed by atoms with E-state index in [4.69, 9.17) is 4.74 Å². The van der Waals surface area contributed by atoms with Crippen molar-refractivity contribution in [2.75, 3.05) is 6.61 Å². The molecule has 0 aliphatic heterocycles. The molecule has 1 amide bonds. The van der Waals surface area contributed by atoms with Gasteiger partial charge in [0.1, 0.15) is 11.7 Å². The molecule has 1 atom stereocenters. The van der Waals surface area contributed by atoms with Gasteiger partial charge in [0.15, 0.2) is 0 Å². The van der Waals surface area contributed by atoms with Crippen LogP contribution in [-0.4, -0.2) is 39.5 Å². The molecule has 1 unspecified atom stereocenters. The molecule has 2 fully saturated rings. The highest BCUT2D eigenvalue weighted by Gasteiger charge is 2.42. The van der Waals surface area contributed by atoms with E-state index in [1.54, 1.807) is 4.68 Å². The number of aromatic nitrogens is 3. The van der Waals surface area contributed by atoms with Crippen LogP contribution in [0.15, 0.2) is 6.20 Å².